The zero-order valence-electron chi connectivity index (χ0n) is 12.5. The highest BCUT2D eigenvalue weighted by Crippen LogP contribution is 2.40. The Balaban J connectivity index is 1.90. The van der Waals surface area contributed by atoms with Crippen LogP contribution in [-0.4, -0.2) is 33.3 Å². The van der Waals surface area contributed by atoms with Gasteiger partial charge in [-0.2, -0.15) is 0 Å². The number of carbonyl (C=O) groups excluding carboxylic acids is 2. The molecule has 1 heterocycles. The van der Waals surface area contributed by atoms with Crippen molar-refractivity contribution in [3.05, 3.63) is 64.7 Å². The van der Waals surface area contributed by atoms with Crippen LogP contribution in [0.1, 0.15) is 20.7 Å². The standard InChI is InChI=1S/C17H11BrClNO5/c18-17(13(20-17)15(22)23)14(21)11-8-10(19)6-7-12(11)25-16(24)9-4-2-1-3-5-9/h1-8,13,20H,(H,22,23). The number of carboxylic acid groups (broad SMARTS) is 1. The molecule has 0 saturated carbocycles. The second kappa shape index (κ2) is 6.59. The predicted octanol–water partition coefficient (Wildman–Crippen LogP) is 2.89. The summed E-state index contributed by atoms with van der Waals surface area (Å²) in [5, 5.41) is 11.9. The van der Waals surface area contributed by atoms with Crippen molar-refractivity contribution < 1.29 is 24.2 Å². The molecule has 0 amide bonds. The number of nitrogens with one attached hydrogen (secondary N) is 1. The Morgan fingerprint density at radius 1 is 1.16 bits per heavy atom. The molecule has 6 nitrogen and oxygen atoms in total. The number of esters is 1. The van der Waals surface area contributed by atoms with E-state index in [4.69, 9.17) is 21.4 Å². The van der Waals surface area contributed by atoms with Gasteiger partial charge in [0.05, 0.1) is 11.1 Å². The van der Waals surface area contributed by atoms with Gasteiger partial charge in [-0.05, 0) is 30.3 Å². The van der Waals surface area contributed by atoms with Gasteiger partial charge >= 0.3 is 11.9 Å². The maximum Gasteiger partial charge on any atom is 0.343 e. The van der Waals surface area contributed by atoms with Gasteiger partial charge in [0.25, 0.3) is 0 Å². The lowest BCUT2D eigenvalue weighted by Crippen LogP contribution is -2.26. The second-order valence-corrected chi connectivity index (χ2v) is 7.04. The van der Waals surface area contributed by atoms with Crippen LogP contribution in [0.25, 0.3) is 0 Å². The van der Waals surface area contributed by atoms with E-state index in [1.807, 2.05) is 0 Å². The molecule has 2 atom stereocenters. The number of benzene rings is 2. The van der Waals surface area contributed by atoms with Gasteiger partial charge < -0.3 is 9.84 Å². The fraction of sp³-hybridized carbons (Fsp3) is 0.118. The Bertz CT molecular complexity index is 873. The molecule has 1 aliphatic rings. The molecule has 25 heavy (non-hydrogen) atoms. The molecule has 2 N–H and O–H groups in total. The number of carboxylic acids is 1. The lowest BCUT2D eigenvalue weighted by Gasteiger charge is -2.12. The van der Waals surface area contributed by atoms with Gasteiger partial charge in [0, 0.05) is 5.02 Å². The summed E-state index contributed by atoms with van der Waals surface area (Å²) in [5.41, 5.74) is 0.322. The Kier molecular flexibility index (Phi) is 4.64. The number of halogens is 2. The topological polar surface area (TPSA) is 103 Å². The molecule has 8 heteroatoms. The van der Waals surface area contributed by atoms with Gasteiger partial charge in [-0.25, -0.2) is 4.79 Å². The first-order valence-corrected chi connectivity index (χ1v) is 8.31. The molecule has 0 aliphatic carbocycles. The molecule has 1 fully saturated rings. The zero-order valence-corrected chi connectivity index (χ0v) is 14.9. The fourth-order valence-electron chi connectivity index (χ4n) is 2.29. The van der Waals surface area contributed by atoms with E-state index in [-0.39, 0.29) is 16.3 Å². The van der Waals surface area contributed by atoms with Gasteiger partial charge in [-0.15, -0.1) is 0 Å². The molecule has 2 aromatic rings. The summed E-state index contributed by atoms with van der Waals surface area (Å²) in [7, 11) is 0. The molecule has 1 aliphatic heterocycles. The average molecular weight is 425 g/mol. The Hall–Kier alpha value is -2.22. The first kappa shape index (κ1) is 17.6. The highest BCUT2D eigenvalue weighted by atomic mass is 79.9. The van der Waals surface area contributed by atoms with E-state index in [0.29, 0.717) is 5.56 Å². The summed E-state index contributed by atoms with van der Waals surface area (Å²) >= 11 is 9.04. The van der Waals surface area contributed by atoms with Gasteiger partial charge in [0.2, 0.25) is 0 Å². The molecule has 0 spiro atoms. The van der Waals surface area contributed by atoms with E-state index in [2.05, 4.69) is 21.2 Å². The minimum Gasteiger partial charge on any atom is -0.480 e. The third-order valence-corrected chi connectivity index (χ3v) is 4.93. The number of hydrogen-bond donors (Lipinski definition) is 2. The number of ketones is 1. The van der Waals surface area contributed by atoms with E-state index in [9.17, 15) is 14.4 Å². The summed E-state index contributed by atoms with van der Waals surface area (Å²) in [6.45, 7) is 0. The monoisotopic (exact) mass is 423 g/mol. The van der Waals surface area contributed by atoms with Crippen LogP contribution >= 0.6 is 27.5 Å². The van der Waals surface area contributed by atoms with E-state index in [1.165, 1.54) is 18.2 Å². The minimum absolute atomic E-state index is 0.0000770. The first-order chi connectivity index (χ1) is 11.8. The number of rotatable bonds is 5. The summed E-state index contributed by atoms with van der Waals surface area (Å²) in [6, 6.07) is 11.4. The van der Waals surface area contributed by atoms with Crippen molar-refractivity contribution in [2.24, 2.45) is 0 Å². The largest absolute Gasteiger partial charge is 0.480 e. The molecule has 128 valence electrons. The highest BCUT2D eigenvalue weighted by Gasteiger charge is 2.62. The molecule has 0 aromatic heterocycles. The maximum absolute atomic E-state index is 12.7. The van der Waals surface area contributed by atoms with Gasteiger partial charge in [-0.3, -0.25) is 14.9 Å². The van der Waals surface area contributed by atoms with E-state index < -0.39 is 28.2 Å². The number of alkyl halides is 1. The molecular weight excluding hydrogens is 414 g/mol. The first-order valence-electron chi connectivity index (χ1n) is 7.14. The third-order valence-electron chi connectivity index (χ3n) is 3.64. The minimum atomic E-state index is -1.45. The molecule has 2 aromatic carbocycles. The second-order valence-electron chi connectivity index (χ2n) is 5.35. The number of carbonyl (C=O) groups is 3. The van der Waals surface area contributed by atoms with E-state index >= 15 is 0 Å². The van der Waals surface area contributed by atoms with Crippen LogP contribution in [0.5, 0.6) is 5.75 Å². The van der Waals surface area contributed by atoms with Crippen LogP contribution < -0.4 is 10.1 Å². The van der Waals surface area contributed by atoms with Crippen molar-refractivity contribution in [3.8, 4) is 5.75 Å². The number of Topliss-reactive ketones (excluding diaryl/α,β-unsaturated/α-hetero) is 1. The fourth-order valence-corrected chi connectivity index (χ4v) is 3.11. The predicted molar refractivity (Wildman–Crippen MR) is 93.4 cm³/mol. The van der Waals surface area contributed by atoms with E-state index in [0.717, 1.165) is 0 Å². The number of hydrogen-bond acceptors (Lipinski definition) is 5. The van der Waals surface area contributed by atoms with E-state index in [1.54, 1.807) is 30.3 Å². The molecular formula is C17H11BrClNO5. The smallest absolute Gasteiger partial charge is 0.343 e. The normalized spacial score (nSPS) is 21.4. The van der Waals surface area contributed by atoms with Gasteiger partial charge in [-0.1, -0.05) is 45.7 Å². The van der Waals surface area contributed by atoms with Crippen molar-refractivity contribution >= 4 is 45.3 Å². The molecule has 0 bridgehead atoms. The van der Waals surface area contributed by atoms with Crippen molar-refractivity contribution in [2.75, 3.05) is 0 Å². The molecule has 0 radical (unpaired) electrons. The maximum atomic E-state index is 12.7. The summed E-state index contributed by atoms with van der Waals surface area (Å²) in [4.78, 5) is 36.0. The van der Waals surface area contributed by atoms with Crippen LogP contribution in [-0.2, 0) is 4.79 Å². The van der Waals surface area contributed by atoms with Crippen LogP contribution in [0.3, 0.4) is 0 Å². The van der Waals surface area contributed by atoms with Crippen molar-refractivity contribution in [2.45, 2.75) is 10.5 Å². The van der Waals surface area contributed by atoms with Crippen LogP contribution in [0.4, 0.5) is 0 Å². The number of ether oxygens (including phenoxy) is 1. The Morgan fingerprint density at radius 3 is 2.44 bits per heavy atom. The summed E-state index contributed by atoms with van der Waals surface area (Å²) in [5.74, 6) is -2.40. The van der Waals surface area contributed by atoms with Crippen LogP contribution in [0.2, 0.25) is 5.02 Å². The molecule has 3 rings (SSSR count). The van der Waals surface area contributed by atoms with Crippen LogP contribution in [0, 0.1) is 0 Å². The average Bonchev–Trinajstić information content (AvgIpc) is 3.30. The van der Waals surface area contributed by atoms with Crippen molar-refractivity contribution in [1.82, 2.24) is 5.32 Å². The van der Waals surface area contributed by atoms with Gasteiger partial charge in [0.15, 0.2) is 10.2 Å². The number of aliphatic carboxylic acids is 1. The lowest BCUT2D eigenvalue weighted by atomic mass is 10.0. The Labute approximate surface area is 155 Å². The van der Waals surface area contributed by atoms with Crippen LogP contribution in [0.15, 0.2) is 48.5 Å². The Morgan fingerprint density at radius 2 is 1.84 bits per heavy atom. The SMILES string of the molecule is O=C(Oc1ccc(Cl)cc1C(=O)C1(Br)NC1C(=O)O)c1ccccc1. The van der Waals surface area contributed by atoms with Crippen molar-refractivity contribution in [1.29, 1.82) is 0 Å². The summed E-state index contributed by atoms with van der Waals surface area (Å²) in [6.07, 6.45) is 0. The highest BCUT2D eigenvalue weighted by molar-refractivity contribution is 9.10. The molecule has 2 unspecified atom stereocenters. The lowest BCUT2D eigenvalue weighted by molar-refractivity contribution is -0.136. The molecule has 1 saturated heterocycles. The quantitative estimate of drug-likeness (QED) is 0.191. The summed E-state index contributed by atoms with van der Waals surface area (Å²) < 4.78 is 3.86. The van der Waals surface area contributed by atoms with Crippen molar-refractivity contribution in [3.63, 3.8) is 0 Å². The van der Waals surface area contributed by atoms with Gasteiger partial charge in [0.1, 0.15) is 11.8 Å². The third kappa shape index (κ3) is 3.44. The zero-order chi connectivity index (χ0) is 18.2.